The Morgan fingerprint density at radius 1 is 1.30 bits per heavy atom. The number of hydrogen-bond acceptors (Lipinski definition) is 2. The Balaban J connectivity index is 2.22. The van der Waals surface area contributed by atoms with Gasteiger partial charge in [-0.1, -0.05) is 25.8 Å². The van der Waals surface area contributed by atoms with Gasteiger partial charge in [-0.3, -0.25) is 0 Å². The quantitative estimate of drug-likeness (QED) is 0.816. The van der Waals surface area contributed by atoms with Crippen LogP contribution < -0.4 is 10.2 Å². The molecule has 20 heavy (non-hydrogen) atoms. The molecule has 2 rings (SSSR count). The minimum atomic E-state index is -0.0810. The summed E-state index contributed by atoms with van der Waals surface area (Å²) in [6.45, 7) is 7.00. The molecule has 3 heteroatoms. The molecule has 1 aromatic rings. The van der Waals surface area contributed by atoms with E-state index in [4.69, 9.17) is 0 Å². The van der Waals surface area contributed by atoms with Crippen LogP contribution in [-0.2, 0) is 6.54 Å². The van der Waals surface area contributed by atoms with Gasteiger partial charge in [-0.15, -0.1) is 0 Å². The lowest BCUT2D eigenvalue weighted by Crippen LogP contribution is -2.34. The number of rotatable bonds is 5. The van der Waals surface area contributed by atoms with Gasteiger partial charge in [0.05, 0.1) is 0 Å². The van der Waals surface area contributed by atoms with Crippen LogP contribution in [0.25, 0.3) is 0 Å². The van der Waals surface area contributed by atoms with E-state index in [0.29, 0.717) is 12.6 Å². The van der Waals surface area contributed by atoms with E-state index < -0.39 is 0 Å². The van der Waals surface area contributed by atoms with Crippen molar-refractivity contribution in [3.8, 4) is 0 Å². The molecule has 1 fully saturated rings. The van der Waals surface area contributed by atoms with Crippen molar-refractivity contribution in [2.45, 2.75) is 58.5 Å². The maximum absolute atomic E-state index is 14.2. The molecule has 1 heterocycles. The molecule has 1 N–H and O–H groups in total. The maximum atomic E-state index is 14.2. The Kier molecular flexibility index (Phi) is 5.84. The Labute approximate surface area is 122 Å². The van der Waals surface area contributed by atoms with Gasteiger partial charge in [0, 0.05) is 30.4 Å². The summed E-state index contributed by atoms with van der Waals surface area (Å²) in [4.78, 5) is 2.40. The lowest BCUT2D eigenvalue weighted by Gasteiger charge is -2.31. The second-order valence-electron chi connectivity index (χ2n) is 5.81. The van der Waals surface area contributed by atoms with Crippen LogP contribution in [0.4, 0.5) is 10.1 Å². The van der Waals surface area contributed by atoms with Crippen LogP contribution in [0.2, 0.25) is 0 Å². The maximum Gasteiger partial charge on any atom is 0.129 e. The molecule has 1 aromatic carbocycles. The zero-order valence-electron chi connectivity index (χ0n) is 12.8. The summed E-state index contributed by atoms with van der Waals surface area (Å²) in [5.74, 6) is -0.0810. The second-order valence-corrected chi connectivity index (χ2v) is 5.81. The molecule has 0 bridgehead atoms. The zero-order valence-corrected chi connectivity index (χ0v) is 12.8. The molecule has 2 nitrogen and oxygen atoms in total. The molecule has 0 saturated carbocycles. The van der Waals surface area contributed by atoms with Crippen LogP contribution in [0, 0.1) is 5.82 Å². The summed E-state index contributed by atoms with van der Waals surface area (Å²) in [6.07, 6.45) is 6.07. The van der Waals surface area contributed by atoms with E-state index in [0.717, 1.165) is 30.8 Å². The topological polar surface area (TPSA) is 15.3 Å². The minimum absolute atomic E-state index is 0.0810. The number of nitrogens with zero attached hydrogens (tertiary/aromatic N) is 1. The van der Waals surface area contributed by atoms with E-state index in [1.807, 2.05) is 6.07 Å². The SMILES string of the molecule is CCCNCc1c(F)cccc1N1CCCCCC1C. The van der Waals surface area contributed by atoms with Crippen LogP contribution in [0.1, 0.15) is 51.5 Å². The van der Waals surface area contributed by atoms with Gasteiger partial charge in [-0.05, 0) is 44.9 Å². The normalized spacial score (nSPS) is 19.9. The number of hydrogen-bond donors (Lipinski definition) is 1. The lowest BCUT2D eigenvalue weighted by molar-refractivity contribution is 0.574. The first kappa shape index (κ1) is 15.3. The van der Waals surface area contributed by atoms with Crippen molar-refractivity contribution in [3.63, 3.8) is 0 Å². The van der Waals surface area contributed by atoms with Crippen molar-refractivity contribution in [1.82, 2.24) is 5.32 Å². The molecule has 1 unspecified atom stereocenters. The van der Waals surface area contributed by atoms with E-state index in [-0.39, 0.29) is 5.82 Å². The molecular formula is C17H27FN2. The highest BCUT2D eigenvalue weighted by Crippen LogP contribution is 2.28. The molecular weight excluding hydrogens is 251 g/mol. The summed E-state index contributed by atoms with van der Waals surface area (Å²) >= 11 is 0. The average Bonchev–Trinajstić information content (AvgIpc) is 2.65. The van der Waals surface area contributed by atoms with Crippen LogP contribution >= 0.6 is 0 Å². The molecule has 0 radical (unpaired) electrons. The van der Waals surface area contributed by atoms with Crippen molar-refractivity contribution in [2.24, 2.45) is 0 Å². The first-order valence-electron chi connectivity index (χ1n) is 7.98. The van der Waals surface area contributed by atoms with Crippen molar-refractivity contribution in [2.75, 3.05) is 18.0 Å². The van der Waals surface area contributed by atoms with Crippen molar-refractivity contribution >= 4 is 5.69 Å². The summed E-state index contributed by atoms with van der Waals surface area (Å²) < 4.78 is 14.2. The molecule has 112 valence electrons. The predicted octanol–water partition coefficient (Wildman–Crippen LogP) is 4.09. The van der Waals surface area contributed by atoms with E-state index >= 15 is 0 Å². The van der Waals surface area contributed by atoms with Gasteiger partial charge < -0.3 is 10.2 Å². The third-order valence-corrected chi connectivity index (χ3v) is 4.19. The molecule has 1 saturated heterocycles. The smallest absolute Gasteiger partial charge is 0.129 e. The van der Waals surface area contributed by atoms with E-state index in [1.165, 1.54) is 25.7 Å². The summed E-state index contributed by atoms with van der Waals surface area (Å²) in [5.41, 5.74) is 1.91. The van der Waals surface area contributed by atoms with Crippen molar-refractivity contribution in [1.29, 1.82) is 0 Å². The van der Waals surface area contributed by atoms with Crippen LogP contribution in [0.5, 0.6) is 0 Å². The van der Waals surface area contributed by atoms with Crippen LogP contribution in [-0.4, -0.2) is 19.1 Å². The molecule has 1 aliphatic heterocycles. The number of nitrogens with one attached hydrogen (secondary N) is 1. The van der Waals surface area contributed by atoms with Gasteiger partial charge in [0.2, 0.25) is 0 Å². The van der Waals surface area contributed by atoms with Crippen LogP contribution in [0.15, 0.2) is 18.2 Å². The van der Waals surface area contributed by atoms with Gasteiger partial charge in [0.15, 0.2) is 0 Å². The molecule has 0 amide bonds. The standard InChI is InChI=1S/C17H27FN2/c1-3-11-19-13-15-16(18)9-7-10-17(15)20-12-6-4-5-8-14(20)2/h7,9-10,14,19H,3-6,8,11-13H2,1-2H3. The largest absolute Gasteiger partial charge is 0.368 e. The molecule has 1 aliphatic rings. The molecule has 0 aliphatic carbocycles. The lowest BCUT2D eigenvalue weighted by atomic mass is 10.1. The Morgan fingerprint density at radius 3 is 2.95 bits per heavy atom. The minimum Gasteiger partial charge on any atom is -0.368 e. The summed E-state index contributed by atoms with van der Waals surface area (Å²) in [6, 6.07) is 6.00. The molecule has 1 atom stereocenters. The Hall–Kier alpha value is -1.09. The van der Waals surface area contributed by atoms with Gasteiger partial charge >= 0.3 is 0 Å². The van der Waals surface area contributed by atoms with Gasteiger partial charge in [0.1, 0.15) is 5.82 Å². The highest BCUT2D eigenvalue weighted by Gasteiger charge is 2.21. The monoisotopic (exact) mass is 278 g/mol. The third-order valence-electron chi connectivity index (χ3n) is 4.19. The highest BCUT2D eigenvalue weighted by molar-refractivity contribution is 5.55. The number of benzene rings is 1. The first-order chi connectivity index (χ1) is 9.74. The fourth-order valence-electron chi connectivity index (χ4n) is 3.01. The van der Waals surface area contributed by atoms with E-state index in [9.17, 15) is 4.39 Å². The van der Waals surface area contributed by atoms with Crippen LogP contribution in [0.3, 0.4) is 0 Å². The number of anilines is 1. The Morgan fingerprint density at radius 2 is 2.15 bits per heavy atom. The molecule has 0 aromatic heterocycles. The highest BCUT2D eigenvalue weighted by atomic mass is 19.1. The average molecular weight is 278 g/mol. The third kappa shape index (κ3) is 3.72. The van der Waals surface area contributed by atoms with Crippen molar-refractivity contribution < 1.29 is 4.39 Å². The summed E-state index contributed by atoms with van der Waals surface area (Å²) in [5, 5.41) is 3.34. The fraction of sp³-hybridized carbons (Fsp3) is 0.647. The molecule has 0 spiro atoms. The number of halogens is 1. The van der Waals surface area contributed by atoms with Gasteiger partial charge in [-0.25, -0.2) is 4.39 Å². The van der Waals surface area contributed by atoms with E-state index in [1.54, 1.807) is 6.07 Å². The van der Waals surface area contributed by atoms with Crippen molar-refractivity contribution in [3.05, 3.63) is 29.6 Å². The van der Waals surface area contributed by atoms with Gasteiger partial charge in [-0.2, -0.15) is 0 Å². The van der Waals surface area contributed by atoms with E-state index in [2.05, 4.69) is 30.1 Å². The predicted molar refractivity (Wildman–Crippen MR) is 83.7 cm³/mol. The van der Waals surface area contributed by atoms with Gasteiger partial charge in [0.25, 0.3) is 0 Å². The summed E-state index contributed by atoms with van der Waals surface area (Å²) in [7, 11) is 0. The first-order valence-corrected chi connectivity index (χ1v) is 7.98. The Bertz CT molecular complexity index is 419. The fourth-order valence-corrected chi connectivity index (χ4v) is 3.01. The second kappa shape index (κ2) is 7.63. The zero-order chi connectivity index (χ0) is 14.4.